The average molecular weight is 774 g/mol. The van der Waals surface area contributed by atoms with Crippen LogP contribution < -0.4 is 4.74 Å². The average Bonchev–Trinajstić information content (AvgIpc) is 3.55. The first-order valence-corrected chi connectivity index (χ1v) is 18.2. The minimum Gasteiger partial charge on any atom is -0.481 e. The van der Waals surface area contributed by atoms with Crippen LogP contribution in [-0.2, 0) is 28.4 Å². The number of benzene rings is 1. The van der Waals surface area contributed by atoms with E-state index in [9.17, 15) is 41.0 Å². The van der Waals surface area contributed by atoms with Crippen LogP contribution in [0.15, 0.2) is 48.0 Å². The number of carboxylic acid groups (broad SMARTS) is 1. The van der Waals surface area contributed by atoms with Gasteiger partial charge in [-0.3, -0.25) is 19.4 Å². The number of carboxylic acids is 1. The van der Waals surface area contributed by atoms with Gasteiger partial charge in [0.25, 0.3) is 11.8 Å². The van der Waals surface area contributed by atoms with Crippen molar-refractivity contribution in [2.24, 2.45) is 11.8 Å². The van der Waals surface area contributed by atoms with E-state index in [-0.39, 0.29) is 57.5 Å². The molecule has 2 aliphatic heterocycles. The molecule has 1 N–H and O–H groups in total. The molecule has 1 aromatic carbocycles. The van der Waals surface area contributed by atoms with Gasteiger partial charge in [-0.2, -0.15) is 26.3 Å². The first-order valence-electron chi connectivity index (χ1n) is 16.9. The molecule has 8 nitrogen and oxygen atoms in total. The number of piperidine rings is 1. The van der Waals surface area contributed by atoms with Crippen molar-refractivity contribution < 1.29 is 50.6 Å². The SMILES string of the molecule is CCC[C@H]1N(C(=O)c2ncccc2C(F)(F)F)CCC[C@@]1(Oc1ccsc1C(F)(F)F)C(=O)N1CCc2cc(Cl)ccc2C1CC(C(=O)O)C(C)C. The van der Waals surface area contributed by atoms with Crippen molar-refractivity contribution in [3.63, 3.8) is 0 Å². The number of aromatic nitrogens is 1. The van der Waals surface area contributed by atoms with Crippen LogP contribution in [0.3, 0.4) is 0 Å². The van der Waals surface area contributed by atoms with Gasteiger partial charge in [0.1, 0.15) is 11.4 Å². The van der Waals surface area contributed by atoms with Gasteiger partial charge in [0.2, 0.25) is 5.60 Å². The Morgan fingerprint density at radius 1 is 1.08 bits per heavy atom. The quantitative estimate of drug-likeness (QED) is 0.207. The summed E-state index contributed by atoms with van der Waals surface area (Å²) in [5.74, 6) is -4.99. The first-order chi connectivity index (χ1) is 24.4. The van der Waals surface area contributed by atoms with Crippen molar-refractivity contribution in [1.82, 2.24) is 14.8 Å². The Balaban J connectivity index is 1.70. The zero-order valence-corrected chi connectivity index (χ0v) is 30.1. The number of carbonyl (C=O) groups excluding carboxylic acids is 2. The third-order valence-electron chi connectivity index (χ3n) is 9.86. The van der Waals surface area contributed by atoms with Crippen molar-refractivity contribution in [3.05, 3.63) is 80.3 Å². The predicted molar refractivity (Wildman–Crippen MR) is 181 cm³/mol. The van der Waals surface area contributed by atoms with E-state index in [1.54, 1.807) is 39.0 Å². The number of ether oxygens (including phenoxy) is 1. The summed E-state index contributed by atoms with van der Waals surface area (Å²) in [6.45, 7) is 5.05. The second-order valence-electron chi connectivity index (χ2n) is 13.4. The minimum atomic E-state index is -4.95. The zero-order chi connectivity index (χ0) is 38.2. The predicted octanol–water partition coefficient (Wildman–Crippen LogP) is 8.93. The molecule has 1 fully saturated rings. The topological polar surface area (TPSA) is 100 Å². The molecule has 2 aromatic heterocycles. The molecule has 4 heterocycles. The Kier molecular flexibility index (Phi) is 11.5. The monoisotopic (exact) mass is 773 g/mol. The number of alkyl halides is 6. The lowest BCUT2D eigenvalue weighted by Crippen LogP contribution is -2.68. The molecular weight excluding hydrogens is 736 g/mol. The van der Waals surface area contributed by atoms with Crippen LogP contribution in [0.2, 0.25) is 5.02 Å². The molecule has 4 atom stereocenters. The van der Waals surface area contributed by atoms with Crippen molar-refractivity contribution >= 4 is 40.7 Å². The third-order valence-corrected chi connectivity index (χ3v) is 11.0. The Labute approximate surface area is 305 Å². The van der Waals surface area contributed by atoms with E-state index in [0.29, 0.717) is 28.0 Å². The van der Waals surface area contributed by atoms with Crippen LogP contribution >= 0.6 is 22.9 Å². The number of hydrogen-bond acceptors (Lipinski definition) is 6. The fourth-order valence-electron chi connectivity index (χ4n) is 7.44. The Hall–Kier alpha value is -3.85. The summed E-state index contributed by atoms with van der Waals surface area (Å²) in [5, 5.41) is 11.8. The molecule has 0 spiro atoms. The summed E-state index contributed by atoms with van der Waals surface area (Å²) >= 11 is 6.65. The fourth-order valence-corrected chi connectivity index (χ4v) is 8.33. The molecule has 2 aliphatic rings. The minimum absolute atomic E-state index is 0.00735. The van der Waals surface area contributed by atoms with Crippen LogP contribution in [-0.4, -0.2) is 62.4 Å². The van der Waals surface area contributed by atoms with Crippen LogP contribution in [0, 0.1) is 11.8 Å². The number of carbonyl (C=O) groups is 3. The van der Waals surface area contributed by atoms with Gasteiger partial charge in [-0.25, -0.2) is 0 Å². The van der Waals surface area contributed by atoms with Gasteiger partial charge in [-0.15, -0.1) is 11.3 Å². The number of amides is 2. The molecule has 52 heavy (non-hydrogen) atoms. The standard InChI is InChI=1S/C36H38ClF6N3O5S/c1-4-7-28-34(51-27-12-17-52-30(27)36(41,42)43,13-6-15-46(28)31(47)29-25(35(38,39)40)8-5-14-44-29)33(50)45-16-11-21-18-22(37)9-10-23(21)26(45)19-24(20(2)3)32(48)49/h5,8-10,12,14,17-18,20,24,26,28H,4,6-7,11,13,15-16,19H2,1-3H3,(H,48,49)/t24?,26?,28-,34+/m1/s1. The molecular formula is C36H38ClF6N3O5S. The fraction of sp³-hybridized carbons (Fsp3) is 0.500. The number of thiophene rings is 1. The maximum absolute atomic E-state index is 15.4. The van der Waals surface area contributed by atoms with Gasteiger partial charge in [0.15, 0.2) is 4.88 Å². The highest BCUT2D eigenvalue weighted by molar-refractivity contribution is 7.10. The summed E-state index contributed by atoms with van der Waals surface area (Å²) in [6.07, 6.45) is -8.51. The zero-order valence-electron chi connectivity index (χ0n) is 28.6. The van der Waals surface area contributed by atoms with Gasteiger partial charge in [0.05, 0.1) is 23.6 Å². The third kappa shape index (κ3) is 7.75. The second-order valence-corrected chi connectivity index (χ2v) is 14.8. The molecule has 0 radical (unpaired) electrons. The molecule has 0 aliphatic carbocycles. The van der Waals surface area contributed by atoms with Crippen molar-refractivity contribution in [2.75, 3.05) is 13.1 Å². The number of aliphatic carboxylic acids is 1. The summed E-state index contributed by atoms with van der Waals surface area (Å²) in [6, 6.07) is 5.62. The van der Waals surface area contributed by atoms with Crippen LogP contribution in [0.25, 0.3) is 0 Å². The second kappa shape index (κ2) is 15.2. The van der Waals surface area contributed by atoms with Crippen molar-refractivity contribution in [3.8, 4) is 5.75 Å². The number of nitrogens with zero attached hydrogens (tertiary/aromatic N) is 3. The van der Waals surface area contributed by atoms with E-state index in [2.05, 4.69) is 4.98 Å². The van der Waals surface area contributed by atoms with Gasteiger partial charge < -0.3 is 19.6 Å². The largest absolute Gasteiger partial charge is 0.481 e. The van der Waals surface area contributed by atoms with Crippen molar-refractivity contribution in [2.45, 2.75) is 89.3 Å². The lowest BCUT2D eigenvalue weighted by Gasteiger charge is -2.51. The van der Waals surface area contributed by atoms with E-state index in [1.807, 2.05) is 0 Å². The van der Waals surface area contributed by atoms with E-state index in [1.165, 1.54) is 4.90 Å². The number of fused-ring (bicyclic) bond motifs is 1. The van der Waals surface area contributed by atoms with Crippen LogP contribution in [0.5, 0.6) is 5.75 Å². The van der Waals surface area contributed by atoms with Gasteiger partial charge in [-0.05, 0) is 78.4 Å². The molecule has 0 bridgehead atoms. The highest BCUT2D eigenvalue weighted by Crippen LogP contribution is 2.47. The van der Waals surface area contributed by atoms with E-state index in [4.69, 9.17) is 16.3 Å². The summed E-state index contributed by atoms with van der Waals surface area (Å²) in [4.78, 5) is 47.1. The lowest BCUT2D eigenvalue weighted by molar-refractivity contribution is -0.166. The number of hydrogen-bond donors (Lipinski definition) is 1. The molecule has 16 heteroatoms. The van der Waals surface area contributed by atoms with Gasteiger partial charge >= 0.3 is 18.3 Å². The molecule has 282 valence electrons. The molecule has 3 aromatic rings. The first kappa shape index (κ1) is 39.4. The summed E-state index contributed by atoms with van der Waals surface area (Å²) in [7, 11) is 0. The highest BCUT2D eigenvalue weighted by Gasteiger charge is 2.58. The van der Waals surface area contributed by atoms with E-state index in [0.717, 1.165) is 34.2 Å². The molecule has 2 unspecified atom stereocenters. The normalized spacial score (nSPS) is 21.5. The molecule has 5 rings (SSSR count). The number of likely N-dealkylation sites (tertiary alicyclic amines) is 1. The number of halogens is 7. The van der Waals surface area contributed by atoms with E-state index < -0.39 is 75.6 Å². The molecule has 0 saturated carbocycles. The van der Waals surface area contributed by atoms with Crippen molar-refractivity contribution in [1.29, 1.82) is 0 Å². The summed E-state index contributed by atoms with van der Waals surface area (Å²) in [5.41, 5.74) is -3.04. The Bertz CT molecular complexity index is 1800. The van der Waals surface area contributed by atoms with E-state index >= 15 is 4.79 Å². The maximum Gasteiger partial charge on any atom is 0.429 e. The summed E-state index contributed by atoms with van der Waals surface area (Å²) < 4.78 is 91.5. The van der Waals surface area contributed by atoms with Gasteiger partial charge in [0, 0.05) is 30.7 Å². The smallest absolute Gasteiger partial charge is 0.429 e. The van der Waals surface area contributed by atoms with Gasteiger partial charge in [-0.1, -0.05) is 44.9 Å². The number of pyridine rings is 1. The lowest BCUT2D eigenvalue weighted by atomic mass is 9.77. The maximum atomic E-state index is 15.4. The Morgan fingerprint density at radius 2 is 1.81 bits per heavy atom. The molecule has 1 saturated heterocycles. The number of rotatable bonds is 10. The molecule has 2 amide bonds. The highest BCUT2D eigenvalue weighted by atomic mass is 35.5. The van der Waals surface area contributed by atoms with Crippen LogP contribution in [0.1, 0.15) is 91.0 Å². The van der Waals surface area contributed by atoms with Crippen LogP contribution in [0.4, 0.5) is 26.3 Å². The Morgan fingerprint density at radius 3 is 2.44 bits per heavy atom.